The number of rotatable bonds is 0. The van der Waals surface area contributed by atoms with Gasteiger partial charge in [-0.2, -0.15) is 0 Å². The Balaban J connectivity index is 0.00000132. The number of carbonyl (C=O) groups excluding carboxylic acids is 1. The average Bonchev–Trinajstić information content (AvgIpc) is 2.74. The molecule has 6 atom stereocenters. The summed E-state index contributed by atoms with van der Waals surface area (Å²) in [5, 5.41) is 10.4. The molecule has 1 N–H and O–H groups in total. The van der Waals surface area contributed by atoms with E-state index in [1.165, 1.54) is 31.3 Å². The van der Waals surface area contributed by atoms with Crippen LogP contribution in [0.25, 0.3) is 0 Å². The molecule has 3 heteroatoms. The van der Waals surface area contributed by atoms with Crippen LogP contribution in [-0.2, 0) is 4.79 Å². The Bertz CT molecular complexity index is 472. The van der Waals surface area contributed by atoms with Crippen molar-refractivity contribution in [3.8, 4) is 0 Å². The van der Waals surface area contributed by atoms with Gasteiger partial charge in [-0.05, 0) is 80.1 Å². The van der Waals surface area contributed by atoms with Gasteiger partial charge in [0.25, 0.3) is 0 Å². The fraction of sp³-hybridized carbons (Fsp3) is 0.833. The van der Waals surface area contributed by atoms with Crippen LogP contribution in [0.4, 0.5) is 0 Å². The fourth-order valence-electron chi connectivity index (χ4n) is 6.15. The molecule has 4 aliphatic carbocycles. The molecule has 0 amide bonds. The van der Waals surface area contributed by atoms with Gasteiger partial charge in [0, 0.05) is 50.5 Å². The Morgan fingerprint density at radius 3 is 2.71 bits per heavy atom. The maximum atomic E-state index is 11.6. The third kappa shape index (κ3) is 2.54. The first-order valence-electron chi connectivity index (χ1n) is 8.51. The van der Waals surface area contributed by atoms with Crippen LogP contribution in [0, 0.1) is 73.1 Å². The molecular weight excluding hydrogens is 475 g/mol. The molecule has 4 rings (SSSR count). The molecule has 0 heterocycles. The number of allylic oxidation sites excluding steroid dienone is 1. The molecule has 0 aliphatic heterocycles. The van der Waals surface area contributed by atoms with Crippen molar-refractivity contribution in [2.45, 2.75) is 64.4 Å². The van der Waals surface area contributed by atoms with Crippen LogP contribution in [0.5, 0.6) is 0 Å². The fourth-order valence-corrected chi connectivity index (χ4v) is 6.15. The molecule has 0 aromatic heterocycles. The van der Waals surface area contributed by atoms with Crippen LogP contribution in [0.2, 0.25) is 0 Å². The van der Waals surface area contributed by atoms with Gasteiger partial charge in [-0.15, -0.1) is 0 Å². The van der Waals surface area contributed by atoms with Crippen molar-refractivity contribution in [1.29, 1.82) is 0 Å². The summed E-state index contributed by atoms with van der Waals surface area (Å²) in [6.45, 7) is 2.33. The molecule has 3 saturated carbocycles. The summed E-state index contributed by atoms with van der Waals surface area (Å²) >= 11 is 0. The molecule has 2 nitrogen and oxygen atoms in total. The van der Waals surface area contributed by atoms with Crippen LogP contribution in [0.1, 0.15) is 58.3 Å². The second kappa shape index (κ2) is 6.03. The Morgan fingerprint density at radius 1 is 1.10 bits per heavy atom. The Labute approximate surface area is 163 Å². The first-order valence-corrected chi connectivity index (χ1v) is 8.51. The first-order chi connectivity index (χ1) is 9.59. The predicted molar refractivity (Wildman–Crippen MR) is 78.1 cm³/mol. The molecule has 1 radical (unpaired) electrons. The SMILES string of the molecule is C[C@@]12CC[C@@H]3[C@H](CCC4=CC(=O)CC[C@H]43)[C@H]1CC[C@H]2O.[Ac]. The van der Waals surface area contributed by atoms with Crippen molar-refractivity contribution in [1.82, 2.24) is 0 Å². The van der Waals surface area contributed by atoms with Crippen molar-refractivity contribution in [2.75, 3.05) is 0 Å². The number of aliphatic hydroxyl groups is 1. The normalized spacial score (nSPS) is 48.6. The van der Waals surface area contributed by atoms with E-state index in [0.717, 1.165) is 43.4 Å². The van der Waals surface area contributed by atoms with Gasteiger partial charge in [0.15, 0.2) is 5.78 Å². The molecule has 0 unspecified atom stereocenters. The van der Waals surface area contributed by atoms with E-state index in [2.05, 4.69) is 6.92 Å². The van der Waals surface area contributed by atoms with Crippen molar-refractivity contribution < 1.29 is 54.0 Å². The molecule has 0 spiro atoms. The van der Waals surface area contributed by atoms with E-state index in [1.54, 1.807) is 0 Å². The van der Waals surface area contributed by atoms with Gasteiger partial charge in [0.2, 0.25) is 0 Å². The number of fused-ring (bicyclic) bond motifs is 5. The average molecular weight is 501 g/mol. The standard InChI is InChI=1S/C18H26O2.Ac/c1-18-9-8-14-13-5-3-12(19)10-11(13)2-4-15(14)16(18)6-7-17(18)20;/h10,13-17,20H,2-9H2,1H3;/t13-,14+,15+,16-,17-,18-;/m1./s1. The van der Waals surface area contributed by atoms with Gasteiger partial charge in [-0.1, -0.05) is 12.5 Å². The summed E-state index contributed by atoms with van der Waals surface area (Å²) in [5.74, 6) is 3.38. The summed E-state index contributed by atoms with van der Waals surface area (Å²) in [5.41, 5.74) is 1.65. The van der Waals surface area contributed by atoms with Crippen LogP contribution in [0.3, 0.4) is 0 Å². The summed E-state index contributed by atoms with van der Waals surface area (Å²) in [6.07, 6.45) is 10.9. The van der Waals surface area contributed by atoms with Gasteiger partial charge < -0.3 is 5.11 Å². The van der Waals surface area contributed by atoms with Crippen molar-refractivity contribution in [3.63, 3.8) is 0 Å². The van der Waals surface area contributed by atoms with Gasteiger partial charge >= 0.3 is 0 Å². The molecule has 4 aliphatic rings. The van der Waals surface area contributed by atoms with Crippen LogP contribution in [0.15, 0.2) is 11.6 Å². The van der Waals surface area contributed by atoms with E-state index in [0.29, 0.717) is 11.7 Å². The third-order valence-corrected chi connectivity index (χ3v) is 7.25. The van der Waals surface area contributed by atoms with Crippen molar-refractivity contribution >= 4 is 5.78 Å². The minimum Gasteiger partial charge on any atom is -0.393 e. The zero-order valence-electron chi connectivity index (χ0n) is 13.1. The molecule has 21 heavy (non-hydrogen) atoms. The topological polar surface area (TPSA) is 37.3 Å². The smallest absolute Gasteiger partial charge is 0.155 e. The number of carbonyl (C=O) groups is 1. The van der Waals surface area contributed by atoms with E-state index in [-0.39, 0.29) is 55.6 Å². The Kier molecular flexibility index (Phi) is 4.78. The van der Waals surface area contributed by atoms with E-state index in [4.69, 9.17) is 0 Å². The monoisotopic (exact) mass is 501 g/mol. The quantitative estimate of drug-likeness (QED) is 0.552. The van der Waals surface area contributed by atoms with Crippen LogP contribution in [-0.4, -0.2) is 17.0 Å². The van der Waals surface area contributed by atoms with Crippen LogP contribution >= 0.6 is 0 Å². The number of hydrogen-bond acceptors (Lipinski definition) is 2. The molecule has 0 saturated heterocycles. The summed E-state index contributed by atoms with van der Waals surface area (Å²) in [6, 6.07) is 0. The Morgan fingerprint density at radius 2 is 1.90 bits per heavy atom. The second-order valence-corrected chi connectivity index (χ2v) is 7.94. The summed E-state index contributed by atoms with van der Waals surface area (Å²) in [7, 11) is 0. The van der Waals surface area contributed by atoms with E-state index in [9.17, 15) is 9.90 Å². The largest absolute Gasteiger partial charge is 0.393 e. The van der Waals surface area contributed by atoms with Gasteiger partial charge in [-0.25, -0.2) is 0 Å². The number of aliphatic hydroxyl groups excluding tert-OH is 1. The summed E-state index contributed by atoms with van der Waals surface area (Å²) in [4.78, 5) is 11.6. The molecular formula is C18H26AcO2. The minimum absolute atomic E-state index is 0. The zero-order chi connectivity index (χ0) is 13.9. The van der Waals surface area contributed by atoms with Crippen molar-refractivity contribution in [3.05, 3.63) is 11.6 Å². The molecule has 0 aromatic carbocycles. The van der Waals surface area contributed by atoms with E-state index >= 15 is 0 Å². The molecule has 113 valence electrons. The van der Waals surface area contributed by atoms with E-state index in [1.807, 2.05) is 6.08 Å². The predicted octanol–water partition coefficient (Wildman–Crippen LogP) is 3.49. The van der Waals surface area contributed by atoms with Crippen molar-refractivity contribution in [2.24, 2.45) is 29.1 Å². The maximum Gasteiger partial charge on any atom is 0.155 e. The summed E-state index contributed by atoms with van der Waals surface area (Å²) < 4.78 is 0. The third-order valence-electron chi connectivity index (χ3n) is 7.25. The second-order valence-electron chi connectivity index (χ2n) is 7.94. The van der Waals surface area contributed by atoms with Gasteiger partial charge in [0.1, 0.15) is 0 Å². The number of ketones is 1. The Hall–Kier alpha value is 0.812. The molecule has 3 fully saturated rings. The van der Waals surface area contributed by atoms with Crippen LogP contribution < -0.4 is 0 Å². The van der Waals surface area contributed by atoms with Gasteiger partial charge in [0.05, 0.1) is 6.10 Å². The molecule has 0 bridgehead atoms. The minimum atomic E-state index is -0.0710. The number of hydrogen-bond donors (Lipinski definition) is 1. The van der Waals surface area contributed by atoms with Gasteiger partial charge in [-0.3, -0.25) is 4.79 Å². The van der Waals surface area contributed by atoms with E-state index < -0.39 is 0 Å². The zero-order valence-corrected chi connectivity index (χ0v) is 17.8. The first kappa shape index (κ1) is 16.7. The molecule has 0 aromatic rings. The maximum absolute atomic E-state index is 11.6.